The van der Waals surface area contributed by atoms with Gasteiger partial charge < -0.3 is 5.73 Å². The van der Waals surface area contributed by atoms with Gasteiger partial charge in [-0.2, -0.15) is 0 Å². The predicted octanol–water partition coefficient (Wildman–Crippen LogP) is 3.49. The van der Waals surface area contributed by atoms with Crippen LogP contribution in [0, 0.1) is 10.1 Å². The Hall–Kier alpha value is -1.91. The molecule has 1 unspecified atom stereocenters. The van der Waals surface area contributed by atoms with Crippen LogP contribution in [0.4, 0.5) is 5.69 Å². The summed E-state index contributed by atoms with van der Waals surface area (Å²) in [6.45, 7) is 0. The van der Waals surface area contributed by atoms with E-state index >= 15 is 0 Å². The number of nitrogens with two attached hydrogens (primary N) is 1. The van der Waals surface area contributed by atoms with Gasteiger partial charge in [-0.3, -0.25) is 10.1 Å². The van der Waals surface area contributed by atoms with Gasteiger partial charge in [-0.15, -0.1) is 0 Å². The molecule has 0 saturated heterocycles. The van der Waals surface area contributed by atoms with E-state index in [0.29, 0.717) is 11.4 Å². The number of benzene rings is 2. The van der Waals surface area contributed by atoms with Crippen molar-refractivity contribution in [3.05, 3.63) is 74.8 Å². The highest BCUT2D eigenvalue weighted by atomic mass is 35.5. The molecule has 0 aliphatic carbocycles. The van der Waals surface area contributed by atoms with E-state index < -0.39 is 4.92 Å². The summed E-state index contributed by atoms with van der Waals surface area (Å²) < 4.78 is 0. The number of nitro benzene ring substituents is 1. The molecule has 0 radical (unpaired) electrons. The Labute approximate surface area is 116 Å². The van der Waals surface area contributed by atoms with Gasteiger partial charge >= 0.3 is 0 Å². The number of nitrogens with zero attached hydrogens (tertiary/aromatic N) is 1. The zero-order valence-electron chi connectivity index (χ0n) is 10.1. The monoisotopic (exact) mass is 276 g/mol. The molecule has 2 aromatic rings. The smallest absolute Gasteiger partial charge is 0.269 e. The lowest BCUT2D eigenvalue weighted by Gasteiger charge is -2.12. The Bertz CT molecular complexity index is 584. The Morgan fingerprint density at radius 2 is 1.89 bits per heavy atom. The standard InChI is InChI=1S/C14H13ClN2O2/c15-12-3-1-2-11(9-12)14(16)8-10-4-6-13(7-5-10)17(18)19/h1-7,9,14H,8,16H2. The van der Waals surface area contributed by atoms with E-state index in [0.717, 1.165) is 11.1 Å². The normalized spacial score (nSPS) is 12.1. The second-order valence-electron chi connectivity index (χ2n) is 4.29. The van der Waals surface area contributed by atoms with Gasteiger partial charge in [0.25, 0.3) is 5.69 Å². The highest BCUT2D eigenvalue weighted by Crippen LogP contribution is 2.21. The van der Waals surface area contributed by atoms with Crippen LogP contribution < -0.4 is 5.73 Å². The lowest BCUT2D eigenvalue weighted by molar-refractivity contribution is -0.384. The molecule has 0 heterocycles. The first-order valence-electron chi connectivity index (χ1n) is 5.80. The van der Waals surface area contributed by atoms with Crippen molar-refractivity contribution in [3.8, 4) is 0 Å². The number of nitro groups is 1. The summed E-state index contributed by atoms with van der Waals surface area (Å²) in [6.07, 6.45) is 0.609. The SMILES string of the molecule is NC(Cc1ccc([N+](=O)[O-])cc1)c1cccc(Cl)c1. The zero-order chi connectivity index (χ0) is 13.8. The minimum atomic E-state index is -0.416. The van der Waals surface area contributed by atoms with Crippen LogP contribution in [0.25, 0.3) is 0 Å². The van der Waals surface area contributed by atoms with Crippen molar-refractivity contribution in [2.45, 2.75) is 12.5 Å². The third kappa shape index (κ3) is 3.53. The third-order valence-electron chi connectivity index (χ3n) is 2.88. The second-order valence-corrected chi connectivity index (χ2v) is 4.73. The summed E-state index contributed by atoms with van der Waals surface area (Å²) in [6, 6.07) is 13.6. The summed E-state index contributed by atoms with van der Waals surface area (Å²) in [7, 11) is 0. The van der Waals surface area contributed by atoms with Gasteiger partial charge in [0, 0.05) is 23.2 Å². The van der Waals surface area contributed by atoms with E-state index in [9.17, 15) is 10.1 Å². The molecule has 19 heavy (non-hydrogen) atoms. The molecule has 4 nitrogen and oxygen atoms in total. The zero-order valence-corrected chi connectivity index (χ0v) is 10.9. The van der Waals surface area contributed by atoms with Crippen LogP contribution in [-0.2, 0) is 6.42 Å². The van der Waals surface area contributed by atoms with Crippen molar-refractivity contribution in [1.29, 1.82) is 0 Å². The summed E-state index contributed by atoms with van der Waals surface area (Å²) in [5.74, 6) is 0. The first-order valence-corrected chi connectivity index (χ1v) is 6.18. The minimum Gasteiger partial charge on any atom is -0.324 e. The molecule has 2 N–H and O–H groups in total. The third-order valence-corrected chi connectivity index (χ3v) is 3.11. The van der Waals surface area contributed by atoms with Crippen molar-refractivity contribution in [2.24, 2.45) is 5.73 Å². The molecule has 0 amide bonds. The van der Waals surface area contributed by atoms with E-state index in [1.807, 2.05) is 18.2 Å². The maximum atomic E-state index is 10.6. The average Bonchev–Trinajstić information content (AvgIpc) is 2.39. The summed E-state index contributed by atoms with van der Waals surface area (Å²) in [4.78, 5) is 10.1. The van der Waals surface area contributed by atoms with Crippen LogP contribution in [0.2, 0.25) is 5.02 Å². The van der Waals surface area contributed by atoms with Crippen LogP contribution in [-0.4, -0.2) is 4.92 Å². The van der Waals surface area contributed by atoms with Gasteiger partial charge in [0.2, 0.25) is 0 Å². The molecule has 0 aliphatic heterocycles. The molecule has 1 atom stereocenters. The summed E-state index contributed by atoms with van der Waals surface area (Å²) in [5, 5.41) is 11.2. The van der Waals surface area contributed by atoms with E-state index in [-0.39, 0.29) is 11.7 Å². The highest BCUT2D eigenvalue weighted by molar-refractivity contribution is 6.30. The minimum absolute atomic E-state index is 0.0834. The number of halogens is 1. The number of rotatable bonds is 4. The Kier molecular flexibility index (Phi) is 4.14. The molecule has 5 heteroatoms. The van der Waals surface area contributed by atoms with Crippen LogP contribution >= 0.6 is 11.6 Å². The largest absolute Gasteiger partial charge is 0.324 e. The molecular weight excluding hydrogens is 264 g/mol. The first-order chi connectivity index (χ1) is 9.06. The molecule has 2 aromatic carbocycles. The topological polar surface area (TPSA) is 69.2 Å². The molecule has 0 spiro atoms. The Morgan fingerprint density at radius 1 is 1.21 bits per heavy atom. The fourth-order valence-electron chi connectivity index (χ4n) is 1.86. The first kappa shape index (κ1) is 13.5. The maximum absolute atomic E-state index is 10.6. The fraction of sp³-hybridized carbons (Fsp3) is 0.143. The number of hydrogen-bond acceptors (Lipinski definition) is 3. The maximum Gasteiger partial charge on any atom is 0.269 e. The number of non-ortho nitro benzene ring substituents is 1. The van der Waals surface area contributed by atoms with Gasteiger partial charge in [0.05, 0.1) is 4.92 Å². The Morgan fingerprint density at radius 3 is 2.47 bits per heavy atom. The van der Waals surface area contributed by atoms with Crippen molar-refractivity contribution in [2.75, 3.05) is 0 Å². The molecule has 98 valence electrons. The van der Waals surface area contributed by atoms with Crippen LogP contribution in [0.5, 0.6) is 0 Å². The predicted molar refractivity (Wildman–Crippen MR) is 75.2 cm³/mol. The fourth-order valence-corrected chi connectivity index (χ4v) is 2.06. The second kappa shape index (κ2) is 5.82. The van der Waals surface area contributed by atoms with E-state index in [1.54, 1.807) is 18.2 Å². The molecular formula is C14H13ClN2O2. The summed E-state index contributed by atoms with van der Waals surface area (Å²) in [5.41, 5.74) is 8.09. The van der Waals surface area contributed by atoms with Crippen LogP contribution in [0.1, 0.15) is 17.2 Å². The van der Waals surface area contributed by atoms with Crippen molar-refractivity contribution < 1.29 is 4.92 Å². The van der Waals surface area contributed by atoms with E-state index in [1.165, 1.54) is 12.1 Å². The van der Waals surface area contributed by atoms with Crippen LogP contribution in [0.15, 0.2) is 48.5 Å². The number of hydrogen-bond donors (Lipinski definition) is 1. The van der Waals surface area contributed by atoms with E-state index in [4.69, 9.17) is 17.3 Å². The van der Waals surface area contributed by atoms with Crippen LogP contribution in [0.3, 0.4) is 0 Å². The molecule has 0 aliphatic rings. The van der Waals surface area contributed by atoms with Gasteiger partial charge in [-0.25, -0.2) is 0 Å². The Balaban J connectivity index is 2.10. The van der Waals surface area contributed by atoms with Gasteiger partial charge in [0.1, 0.15) is 0 Å². The van der Waals surface area contributed by atoms with Gasteiger partial charge in [-0.05, 0) is 29.7 Å². The van der Waals surface area contributed by atoms with Gasteiger partial charge in [-0.1, -0.05) is 35.9 Å². The highest BCUT2D eigenvalue weighted by Gasteiger charge is 2.09. The lowest BCUT2D eigenvalue weighted by Crippen LogP contribution is -2.13. The summed E-state index contributed by atoms with van der Waals surface area (Å²) >= 11 is 5.92. The molecule has 0 saturated carbocycles. The lowest BCUT2D eigenvalue weighted by atomic mass is 10.00. The molecule has 0 bridgehead atoms. The molecule has 0 aromatic heterocycles. The molecule has 2 rings (SSSR count). The van der Waals surface area contributed by atoms with Gasteiger partial charge in [0.15, 0.2) is 0 Å². The average molecular weight is 277 g/mol. The van der Waals surface area contributed by atoms with Crippen molar-refractivity contribution >= 4 is 17.3 Å². The van der Waals surface area contributed by atoms with Crippen molar-refractivity contribution in [3.63, 3.8) is 0 Å². The molecule has 0 fully saturated rings. The quantitative estimate of drug-likeness (QED) is 0.686. The van der Waals surface area contributed by atoms with Crippen molar-refractivity contribution in [1.82, 2.24) is 0 Å². The van der Waals surface area contributed by atoms with E-state index in [2.05, 4.69) is 0 Å².